The molecular formula is C17H20ClO2PS. The summed E-state index contributed by atoms with van der Waals surface area (Å²) < 4.78 is 11.8. The Labute approximate surface area is 144 Å². The molecule has 0 heterocycles. The maximum Gasteiger partial charge on any atom is 0.183 e. The number of thiol groups is 1. The van der Waals surface area contributed by atoms with E-state index in [-0.39, 0.29) is 5.66 Å². The molecule has 1 atom stereocenters. The third kappa shape index (κ3) is 4.47. The zero-order chi connectivity index (χ0) is 15.9. The van der Waals surface area contributed by atoms with Crippen LogP contribution in [-0.2, 0) is 9.05 Å². The van der Waals surface area contributed by atoms with Gasteiger partial charge in [-0.15, -0.1) is 12.6 Å². The van der Waals surface area contributed by atoms with Crippen LogP contribution in [0.15, 0.2) is 53.4 Å². The summed E-state index contributed by atoms with van der Waals surface area (Å²) in [7, 11) is -1.09. The fourth-order valence-corrected chi connectivity index (χ4v) is 4.49. The third-order valence-corrected chi connectivity index (χ3v) is 5.82. The molecule has 0 saturated heterocycles. The van der Waals surface area contributed by atoms with Gasteiger partial charge >= 0.3 is 0 Å². The van der Waals surface area contributed by atoms with Crippen LogP contribution >= 0.6 is 32.6 Å². The SMILES string of the molecule is CCOP(OCC)C(c1ccc(Cl)cc1)c1ccccc1S. The second-order valence-corrected chi connectivity index (χ2v) is 7.16. The first kappa shape index (κ1) is 17.8. The maximum absolute atomic E-state index is 6.02. The Hall–Kier alpha value is -0.570. The van der Waals surface area contributed by atoms with Gasteiger partial charge in [0.2, 0.25) is 0 Å². The van der Waals surface area contributed by atoms with Crippen LogP contribution in [0.3, 0.4) is 0 Å². The van der Waals surface area contributed by atoms with Crippen LogP contribution in [-0.4, -0.2) is 13.2 Å². The van der Waals surface area contributed by atoms with Crippen LogP contribution in [0, 0.1) is 0 Å². The minimum Gasteiger partial charge on any atom is -0.334 e. The summed E-state index contributed by atoms with van der Waals surface area (Å²) in [6.07, 6.45) is 0. The molecule has 0 aliphatic carbocycles. The van der Waals surface area contributed by atoms with Crippen molar-refractivity contribution in [2.45, 2.75) is 24.4 Å². The van der Waals surface area contributed by atoms with Crippen LogP contribution in [0.2, 0.25) is 5.02 Å². The van der Waals surface area contributed by atoms with E-state index in [1.807, 2.05) is 56.3 Å². The van der Waals surface area contributed by atoms with Crippen molar-refractivity contribution in [3.63, 3.8) is 0 Å². The number of benzene rings is 2. The first-order valence-corrected chi connectivity index (χ1v) is 9.33. The van der Waals surface area contributed by atoms with Gasteiger partial charge < -0.3 is 9.05 Å². The summed E-state index contributed by atoms with van der Waals surface area (Å²) in [5.74, 6) is 0. The second kappa shape index (κ2) is 8.90. The van der Waals surface area contributed by atoms with Crippen LogP contribution in [0.25, 0.3) is 0 Å². The highest BCUT2D eigenvalue weighted by Gasteiger charge is 2.28. The molecule has 2 nitrogen and oxygen atoms in total. The molecule has 1 unspecified atom stereocenters. The molecular weight excluding hydrogens is 335 g/mol. The van der Waals surface area contributed by atoms with E-state index in [2.05, 4.69) is 18.7 Å². The van der Waals surface area contributed by atoms with Crippen molar-refractivity contribution in [3.05, 3.63) is 64.7 Å². The standard InChI is InChI=1S/C17H20ClO2PS/c1-3-19-21(20-4-2)17(13-9-11-14(18)12-10-13)15-7-5-6-8-16(15)22/h5-12,17,22H,3-4H2,1-2H3. The molecule has 5 heteroatoms. The van der Waals surface area contributed by atoms with E-state index in [0.29, 0.717) is 13.2 Å². The summed E-state index contributed by atoms with van der Waals surface area (Å²) in [5, 5.41) is 0.721. The summed E-state index contributed by atoms with van der Waals surface area (Å²) in [6, 6.07) is 15.9. The van der Waals surface area contributed by atoms with E-state index in [1.165, 1.54) is 0 Å². The molecule has 0 aliphatic rings. The predicted octanol–water partition coefficient (Wildman–Crippen LogP) is 6.10. The van der Waals surface area contributed by atoms with E-state index < -0.39 is 8.38 Å². The molecule has 0 N–H and O–H groups in total. The minimum atomic E-state index is -1.09. The molecule has 2 rings (SSSR count). The minimum absolute atomic E-state index is 0.0147. The Morgan fingerprint density at radius 3 is 2.14 bits per heavy atom. The molecule has 0 bridgehead atoms. The zero-order valence-electron chi connectivity index (χ0n) is 12.7. The Balaban J connectivity index is 2.48. The van der Waals surface area contributed by atoms with Gasteiger partial charge in [-0.2, -0.15) is 0 Å². The van der Waals surface area contributed by atoms with Crippen LogP contribution in [0.4, 0.5) is 0 Å². The maximum atomic E-state index is 6.02. The van der Waals surface area contributed by atoms with E-state index in [0.717, 1.165) is 21.0 Å². The van der Waals surface area contributed by atoms with Gasteiger partial charge in [-0.25, -0.2) is 0 Å². The first-order valence-electron chi connectivity index (χ1n) is 7.25. The smallest absolute Gasteiger partial charge is 0.183 e. The molecule has 0 saturated carbocycles. The Morgan fingerprint density at radius 2 is 1.59 bits per heavy atom. The normalized spacial score (nSPS) is 12.6. The van der Waals surface area contributed by atoms with Crippen LogP contribution in [0.5, 0.6) is 0 Å². The van der Waals surface area contributed by atoms with Crippen molar-refractivity contribution in [1.82, 2.24) is 0 Å². The van der Waals surface area contributed by atoms with Gasteiger partial charge in [-0.05, 0) is 43.2 Å². The highest BCUT2D eigenvalue weighted by molar-refractivity contribution is 7.80. The average Bonchev–Trinajstić information content (AvgIpc) is 2.52. The van der Waals surface area contributed by atoms with Crippen LogP contribution in [0.1, 0.15) is 30.6 Å². The van der Waals surface area contributed by atoms with Gasteiger partial charge in [-0.1, -0.05) is 41.9 Å². The van der Waals surface area contributed by atoms with Crippen molar-refractivity contribution in [1.29, 1.82) is 0 Å². The fourth-order valence-electron chi connectivity index (χ4n) is 2.22. The quantitative estimate of drug-likeness (QED) is 0.478. The Morgan fingerprint density at radius 1 is 1.00 bits per heavy atom. The monoisotopic (exact) mass is 354 g/mol. The first-order chi connectivity index (χ1) is 10.7. The van der Waals surface area contributed by atoms with Gasteiger partial charge in [0.25, 0.3) is 0 Å². The van der Waals surface area contributed by atoms with E-state index in [4.69, 9.17) is 20.6 Å². The number of halogens is 1. The molecule has 0 spiro atoms. The Bertz CT molecular complexity index is 585. The molecule has 22 heavy (non-hydrogen) atoms. The van der Waals surface area contributed by atoms with Gasteiger partial charge in [-0.3, -0.25) is 0 Å². The van der Waals surface area contributed by atoms with Crippen molar-refractivity contribution in [2.24, 2.45) is 0 Å². The lowest BCUT2D eigenvalue weighted by Crippen LogP contribution is -2.05. The average molecular weight is 355 g/mol. The van der Waals surface area contributed by atoms with Gasteiger partial charge in [0.05, 0.1) is 18.9 Å². The zero-order valence-corrected chi connectivity index (χ0v) is 15.2. The summed E-state index contributed by atoms with van der Waals surface area (Å²) >= 11 is 10.6. The third-order valence-electron chi connectivity index (χ3n) is 3.14. The molecule has 0 amide bonds. The second-order valence-electron chi connectivity index (χ2n) is 4.63. The van der Waals surface area contributed by atoms with Crippen molar-refractivity contribution >= 4 is 32.6 Å². The Kier molecular flexibility index (Phi) is 7.20. The number of rotatable bonds is 7. The molecule has 0 radical (unpaired) electrons. The van der Waals surface area contributed by atoms with E-state index in [1.54, 1.807) is 0 Å². The van der Waals surface area contributed by atoms with Gasteiger partial charge in [0.1, 0.15) is 0 Å². The highest BCUT2D eigenvalue weighted by Crippen LogP contribution is 2.57. The lowest BCUT2D eigenvalue weighted by atomic mass is 10.0. The number of hydrogen-bond donors (Lipinski definition) is 1. The van der Waals surface area contributed by atoms with Crippen molar-refractivity contribution in [3.8, 4) is 0 Å². The van der Waals surface area contributed by atoms with Crippen molar-refractivity contribution in [2.75, 3.05) is 13.2 Å². The molecule has 0 aliphatic heterocycles. The molecule has 118 valence electrons. The molecule has 2 aromatic carbocycles. The topological polar surface area (TPSA) is 18.5 Å². The van der Waals surface area contributed by atoms with E-state index in [9.17, 15) is 0 Å². The summed E-state index contributed by atoms with van der Waals surface area (Å²) in [5.41, 5.74) is 2.25. The van der Waals surface area contributed by atoms with Gasteiger partial charge in [0, 0.05) is 9.92 Å². The molecule has 0 aromatic heterocycles. The fraction of sp³-hybridized carbons (Fsp3) is 0.294. The van der Waals surface area contributed by atoms with Gasteiger partial charge in [0.15, 0.2) is 8.38 Å². The lowest BCUT2D eigenvalue weighted by Gasteiger charge is -2.27. The largest absolute Gasteiger partial charge is 0.334 e. The van der Waals surface area contributed by atoms with Crippen molar-refractivity contribution < 1.29 is 9.05 Å². The van der Waals surface area contributed by atoms with Crippen LogP contribution < -0.4 is 0 Å². The summed E-state index contributed by atoms with van der Waals surface area (Å²) in [4.78, 5) is 0.939. The lowest BCUT2D eigenvalue weighted by molar-refractivity contribution is 0.265. The highest BCUT2D eigenvalue weighted by atomic mass is 35.5. The van der Waals surface area contributed by atoms with E-state index >= 15 is 0 Å². The predicted molar refractivity (Wildman–Crippen MR) is 97.2 cm³/mol. The summed E-state index contributed by atoms with van der Waals surface area (Å²) in [6.45, 7) is 5.20. The number of hydrogen-bond acceptors (Lipinski definition) is 3. The molecule has 0 fully saturated rings. The molecule has 2 aromatic rings.